The first-order chi connectivity index (χ1) is 6.15. The summed E-state index contributed by atoms with van der Waals surface area (Å²) in [6, 6.07) is 1.95. The SMILES string of the molecule is CCC(=N)N(C)Cc1ccoc1C. The fraction of sp³-hybridized carbons (Fsp3) is 0.500. The summed E-state index contributed by atoms with van der Waals surface area (Å²) >= 11 is 0. The Morgan fingerprint density at radius 3 is 2.77 bits per heavy atom. The summed E-state index contributed by atoms with van der Waals surface area (Å²) in [6.07, 6.45) is 2.46. The molecule has 3 heteroatoms. The van der Waals surface area contributed by atoms with E-state index >= 15 is 0 Å². The van der Waals surface area contributed by atoms with Crippen molar-refractivity contribution in [2.24, 2.45) is 0 Å². The molecule has 0 unspecified atom stereocenters. The highest BCUT2D eigenvalue weighted by atomic mass is 16.3. The van der Waals surface area contributed by atoms with Crippen LogP contribution in [0.15, 0.2) is 16.7 Å². The van der Waals surface area contributed by atoms with Crippen LogP contribution in [-0.2, 0) is 6.54 Å². The number of nitrogens with one attached hydrogen (secondary N) is 1. The third-order valence-electron chi connectivity index (χ3n) is 2.17. The monoisotopic (exact) mass is 180 g/mol. The topological polar surface area (TPSA) is 40.2 Å². The minimum atomic E-state index is 0.653. The van der Waals surface area contributed by atoms with Crippen LogP contribution in [0.1, 0.15) is 24.7 Å². The minimum absolute atomic E-state index is 0.653. The summed E-state index contributed by atoms with van der Waals surface area (Å²) < 4.78 is 5.18. The average molecular weight is 180 g/mol. The van der Waals surface area contributed by atoms with Crippen LogP contribution in [0.3, 0.4) is 0 Å². The quantitative estimate of drug-likeness (QED) is 0.573. The van der Waals surface area contributed by atoms with Gasteiger partial charge in [-0.1, -0.05) is 6.92 Å². The second-order valence-electron chi connectivity index (χ2n) is 3.16. The lowest BCUT2D eigenvalue weighted by Gasteiger charge is -2.18. The van der Waals surface area contributed by atoms with E-state index in [-0.39, 0.29) is 0 Å². The summed E-state index contributed by atoms with van der Waals surface area (Å²) in [6.45, 7) is 4.69. The molecule has 1 aromatic rings. The summed E-state index contributed by atoms with van der Waals surface area (Å²) in [4.78, 5) is 1.93. The molecule has 0 saturated carbocycles. The van der Waals surface area contributed by atoms with E-state index in [1.54, 1.807) is 6.26 Å². The maximum atomic E-state index is 7.61. The number of hydrogen-bond acceptors (Lipinski definition) is 2. The molecular formula is C10H16N2O. The number of nitrogens with zero attached hydrogens (tertiary/aromatic N) is 1. The van der Waals surface area contributed by atoms with Gasteiger partial charge in [0.2, 0.25) is 0 Å². The molecule has 3 nitrogen and oxygen atoms in total. The third-order valence-corrected chi connectivity index (χ3v) is 2.17. The van der Waals surface area contributed by atoms with Crippen LogP contribution >= 0.6 is 0 Å². The van der Waals surface area contributed by atoms with E-state index in [9.17, 15) is 0 Å². The lowest BCUT2D eigenvalue weighted by molar-refractivity contribution is 0.471. The molecule has 0 radical (unpaired) electrons. The molecule has 0 spiro atoms. The predicted octanol–water partition coefficient (Wildman–Crippen LogP) is 2.41. The second-order valence-corrected chi connectivity index (χ2v) is 3.16. The number of amidine groups is 1. The second kappa shape index (κ2) is 4.12. The Kier molecular flexibility index (Phi) is 3.12. The molecule has 0 fully saturated rings. The van der Waals surface area contributed by atoms with E-state index in [4.69, 9.17) is 9.83 Å². The molecule has 0 aromatic carbocycles. The van der Waals surface area contributed by atoms with Crippen LogP contribution < -0.4 is 0 Å². The fourth-order valence-electron chi connectivity index (χ4n) is 1.20. The van der Waals surface area contributed by atoms with E-state index in [2.05, 4.69) is 0 Å². The summed E-state index contributed by atoms with van der Waals surface area (Å²) in [7, 11) is 1.93. The molecule has 72 valence electrons. The maximum absolute atomic E-state index is 7.61. The lowest BCUT2D eigenvalue weighted by atomic mass is 10.2. The van der Waals surface area contributed by atoms with Crippen LogP contribution in [0.2, 0.25) is 0 Å². The van der Waals surface area contributed by atoms with E-state index in [1.807, 2.05) is 31.9 Å². The van der Waals surface area contributed by atoms with E-state index in [1.165, 1.54) is 0 Å². The van der Waals surface area contributed by atoms with Gasteiger partial charge in [-0.15, -0.1) is 0 Å². The van der Waals surface area contributed by atoms with Crippen LogP contribution in [-0.4, -0.2) is 17.8 Å². The number of rotatable bonds is 3. The predicted molar refractivity (Wildman–Crippen MR) is 52.9 cm³/mol. The Morgan fingerprint density at radius 1 is 1.62 bits per heavy atom. The molecule has 0 aliphatic heterocycles. The first-order valence-corrected chi connectivity index (χ1v) is 4.46. The third kappa shape index (κ3) is 2.34. The van der Waals surface area contributed by atoms with Gasteiger partial charge in [0.05, 0.1) is 12.1 Å². The molecule has 13 heavy (non-hydrogen) atoms. The van der Waals surface area contributed by atoms with Gasteiger partial charge in [-0.25, -0.2) is 0 Å². The van der Waals surface area contributed by atoms with Crippen molar-refractivity contribution in [2.75, 3.05) is 7.05 Å². The molecule has 1 aromatic heterocycles. The Balaban J connectivity index is 2.59. The highest BCUT2D eigenvalue weighted by molar-refractivity contribution is 5.78. The molecule has 0 amide bonds. The van der Waals surface area contributed by atoms with Gasteiger partial charge in [0.1, 0.15) is 5.76 Å². The Hall–Kier alpha value is -1.25. The highest BCUT2D eigenvalue weighted by Gasteiger charge is 2.06. The van der Waals surface area contributed by atoms with Crippen molar-refractivity contribution in [3.8, 4) is 0 Å². The van der Waals surface area contributed by atoms with Crippen molar-refractivity contribution in [1.82, 2.24) is 4.90 Å². The standard InChI is InChI=1S/C10H16N2O/c1-4-10(11)12(3)7-9-5-6-13-8(9)2/h5-6,11H,4,7H2,1-3H3. The van der Waals surface area contributed by atoms with Crippen molar-refractivity contribution in [3.63, 3.8) is 0 Å². The molecule has 0 atom stereocenters. The van der Waals surface area contributed by atoms with Gasteiger partial charge in [-0.3, -0.25) is 5.41 Å². The molecule has 0 saturated heterocycles. The first-order valence-electron chi connectivity index (χ1n) is 4.46. The molecule has 0 bridgehead atoms. The molecule has 0 aliphatic carbocycles. The zero-order valence-corrected chi connectivity index (χ0v) is 8.42. The highest BCUT2D eigenvalue weighted by Crippen LogP contribution is 2.11. The smallest absolute Gasteiger partial charge is 0.105 e. The van der Waals surface area contributed by atoms with Gasteiger partial charge in [0.15, 0.2) is 0 Å². The summed E-state index contributed by atoms with van der Waals surface area (Å²) in [5.41, 5.74) is 1.15. The van der Waals surface area contributed by atoms with Gasteiger partial charge in [-0.05, 0) is 13.0 Å². The van der Waals surface area contributed by atoms with Crippen molar-refractivity contribution in [2.45, 2.75) is 26.8 Å². The number of furan rings is 1. The maximum Gasteiger partial charge on any atom is 0.105 e. The average Bonchev–Trinajstić information content (AvgIpc) is 2.50. The van der Waals surface area contributed by atoms with Crippen molar-refractivity contribution >= 4 is 5.84 Å². The van der Waals surface area contributed by atoms with E-state index in [0.717, 1.165) is 24.3 Å². The Labute approximate surface area is 78.9 Å². The number of aryl methyl sites for hydroxylation is 1. The fourth-order valence-corrected chi connectivity index (χ4v) is 1.20. The molecule has 0 aliphatic rings. The number of hydrogen-bond donors (Lipinski definition) is 1. The van der Waals surface area contributed by atoms with Crippen LogP contribution in [0.25, 0.3) is 0 Å². The van der Waals surface area contributed by atoms with E-state index < -0.39 is 0 Å². The summed E-state index contributed by atoms with van der Waals surface area (Å²) in [5, 5.41) is 7.61. The largest absolute Gasteiger partial charge is 0.469 e. The van der Waals surface area contributed by atoms with Crippen molar-refractivity contribution in [3.05, 3.63) is 23.7 Å². The minimum Gasteiger partial charge on any atom is -0.469 e. The lowest BCUT2D eigenvalue weighted by Crippen LogP contribution is -2.24. The van der Waals surface area contributed by atoms with Crippen LogP contribution in [0.5, 0.6) is 0 Å². The van der Waals surface area contributed by atoms with Gasteiger partial charge in [0.25, 0.3) is 0 Å². The molecule has 1 rings (SSSR count). The Bertz CT molecular complexity index is 291. The van der Waals surface area contributed by atoms with Crippen LogP contribution in [0, 0.1) is 12.3 Å². The zero-order chi connectivity index (χ0) is 9.84. The summed E-state index contributed by atoms with van der Waals surface area (Å²) in [5.74, 6) is 1.59. The van der Waals surface area contributed by atoms with Crippen molar-refractivity contribution < 1.29 is 4.42 Å². The van der Waals surface area contributed by atoms with Gasteiger partial charge in [-0.2, -0.15) is 0 Å². The van der Waals surface area contributed by atoms with Gasteiger partial charge >= 0.3 is 0 Å². The zero-order valence-electron chi connectivity index (χ0n) is 8.42. The normalized spacial score (nSPS) is 10.1. The van der Waals surface area contributed by atoms with Crippen LogP contribution in [0.4, 0.5) is 0 Å². The molecule has 1 N–H and O–H groups in total. The van der Waals surface area contributed by atoms with Gasteiger partial charge < -0.3 is 9.32 Å². The van der Waals surface area contributed by atoms with Gasteiger partial charge in [0, 0.05) is 25.6 Å². The molecular weight excluding hydrogens is 164 g/mol. The van der Waals surface area contributed by atoms with E-state index in [0.29, 0.717) is 5.84 Å². The first kappa shape index (κ1) is 9.84. The molecule has 1 heterocycles. The van der Waals surface area contributed by atoms with Crippen molar-refractivity contribution in [1.29, 1.82) is 5.41 Å². The Morgan fingerprint density at radius 2 is 2.31 bits per heavy atom.